The van der Waals surface area contributed by atoms with Gasteiger partial charge in [-0.25, -0.2) is 0 Å². The minimum absolute atomic E-state index is 0.0503. The highest BCUT2D eigenvalue weighted by Gasteiger charge is 2.32. The highest BCUT2D eigenvalue weighted by Crippen LogP contribution is 2.29. The standard InChI is InChI=1S/C10H22O/c1-7-11-10(6,8(2)3)9(4)5/h8-9H,7H2,1-6H3. The van der Waals surface area contributed by atoms with E-state index in [4.69, 9.17) is 4.74 Å². The number of rotatable bonds is 4. The number of ether oxygens (including phenoxy) is 1. The van der Waals surface area contributed by atoms with E-state index in [-0.39, 0.29) is 5.60 Å². The third-order valence-corrected chi connectivity index (χ3v) is 2.75. The molecule has 0 amide bonds. The van der Waals surface area contributed by atoms with Gasteiger partial charge in [-0.3, -0.25) is 0 Å². The Labute approximate surface area is 71.1 Å². The summed E-state index contributed by atoms with van der Waals surface area (Å²) in [6.45, 7) is 13.9. The highest BCUT2D eigenvalue weighted by atomic mass is 16.5. The van der Waals surface area contributed by atoms with Crippen molar-refractivity contribution >= 4 is 0 Å². The van der Waals surface area contributed by atoms with Crippen LogP contribution in [-0.2, 0) is 4.74 Å². The summed E-state index contributed by atoms with van der Waals surface area (Å²) in [7, 11) is 0. The van der Waals surface area contributed by atoms with Gasteiger partial charge in [0.15, 0.2) is 0 Å². The largest absolute Gasteiger partial charge is 0.375 e. The molecule has 0 aliphatic heterocycles. The summed E-state index contributed by atoms with van der Waals surface area (Å²) >= 11 is 0. The first kappa shape index (κ1) is 11.0. The molecule has 0 N–H and O–H groups in total. The molecular formula is C10H22O. The molecule has 0 heterocycles. The summed E-state index contributed by atoms with van der Waals surface area (Å²) in [5.41, 5.74) is 0.0503. The zero-order valence-electron chi connectivity index (χ0n) is 8.77. The van der Waals surface area contributed by atoms with E-state index in [9.17, 15) is 0 Å². The van der Waals surface area contributed by atoms with Gasteiger partial charge < -0.3 is 4.74 Å². The first-order valence-corrected chi connectivity index (χ1v) is 4.59. The van der Waals surface area contributed by atoms with E-state index in [2.05, 4.69) is 41.5 Å². The van der Waals surface area contributed by atoms with Gasteiger partial charge in [0.1, 0.15) is 0 Å². The average molecular weight is 158 g/mol. The van der Waals surface area contributed by atoms with E-state index in [0.717, 1.165) is 6.61 Å². The Balaban J connectivity index is 4.26. The second-order valence-electron chi connectivity index (χ2n) is 3.93. The van der Waals surface area contributed by atoms with E-state index < -0.39 is 0 Å². The average Bonchev–Trinajstić information content (AvgIpc) is 1.87. The lowest BCUT2D eigenvalue weighted by atomic mass is 9.82. The van der Waals surface area contributed by atoms with Crippen LogP contribution in [0.2, 0.25) is 0 Å². The van der Waals surface area contributed by atoms with Gasteiger partial charge in [-0.1, -0.05) is 27.7 Å². The lowest BCUT2D eigenvalue weighted by Crippen LogP contribution is -2.40. The van der Waals surface area contributed by atoms with Crippen molar-refractivity contribution in [2.75, 3.05) is 6.61 Å². The van der Waals surface area contributed by atoms with Gasteiger partial charge in [-0.2, -0.15) is 0 Å². The third-order valence-electron chi connectivity index (χ3n) is 2.75. The van der Waals surface area contributed by atoms with Crippen molar-refractivity contribution in [2.45, 2.75) is 47.1 Å². The van der Waals surface area contributed by atoms with E-state index in [1.165, 1.54) is 0 Å². The zero-order valence-corrected chi connectivity index (χ0v) is 8.77. The van der Waals surface area contributed by atoms with Crippen LogP contribution in [0.3, 0.4) is 0 Å². The molecule has 0 saturated heterocycles. The molecule has 0 spiro atoms. The van der Waals surface area contributed by atoms with Crippen molar-refractivity contribution in [3.05, 3.63) is 0 Å². The van der Waals surface area contributed by atoms with E-state index in [1.807, 2.05) is 0 Å². The molecule has 11 heavy (non-hydrogen) atoms. The second-order valence-corrected chi connectivity index (χ2v) is 3.93. The Morgan fingerprint density at radius 2 is 1.45 bits per heavy atom. The highest BCUT2D eigenvalue weighted by molar-refractivity contribution is 4.81. The van der Waals surface area contributed by atoms with E-state index in [1.54, 1.807) is 0 Å². The predicted molar refractivity (Wildman–Crippen MR) is 49.7 cm³/mol. The van der Waals surface area contributed by atoms with Crippen LogP contribution in [0, 0.1) is 11.8 Å². The van der Waals surface area contributed by atoms with Crippen molar-refractivity contribution in [3.8, 4) is 0 Å². The van der Waals surface area contributed by atoms with Crippen LogP contribution in [0.25, 0.3) is 0 Å². The molecule has 1 nitrogen and oxygen atoms in total. The quantitative estimate of drug-likeness (QED) is 0.611. The normalized spacial score (nSPS) is 13.1. The molecule has 0 rings (SSSR count). The van der Waals surface area contributed by atoms with Gasteiger partial charge in [0.25, 0.3) is 0 Å². The number of hydrogen-bond donors (Lipinski definition) is 0. The van der Waals surface area contributed by atoms with Crippen molar-refractivity contribution < 1.29 is 4.74 Å². The Kier molecular flexibility index (Phi) is 4.09. The molecule has 68 valence electrons. The molecule has 1 heteroatoms. The Bertz CT molecular complexity index is 97.4. The predicted octanol–water partition coefficient (Wildman–Crippen LogP) is 3.09. The summed E-state index contributed by atoms with van der Waals surface area (Å²) in [6, 6.07) is 0. The fraction of sp³-hybridized carbons (Fsp3) is 1.00. The maximum Gasteiger partial charge on any atom is 0.0699 e. The SMILES string of the molecule is CCOC(C)(C(C)C)C(C)C. The maximum atomic E-state index is 5.75. The van der Waals surface area contributed by atoms with Gasteiger partial charge in [0.2, 0.25) is 0 Å². The fourth-order valence-corrected chi connectivity index (χ4v) is 1.31. The maximum absolute atomic E-state index is 5.75. The van der Waals surface area contributed by atoms with Crippen molar-refractivity contribution in [1.82, 2.24) is 0 Å². The molecule has 0 aliphatic rings. The summed E-state index contributed by atoms with van der Waals surface area (Å²) < 4.78 is 5.75. The Morgan fingerprint density at radius 1 is 1.09 bits per heavy atom. The van der Waals surface area contributed by atoms with Crippen LogP contribution in [0.1, 0.15) is 41.5 Å². The van der Waals surface area contributed by atoms with Crippen molar-refractivity contribution in [1.29, 1.82) is 0 Å². The van der Waals surface area contributed by atoms with Crippen molar-refractivity contribution in [2.24, 2.45) is 11.8 Å². The van der Waals surface area contributed by atoms with Gasteiger partial charge >= 0.3 is 0 Å². The van der Waals surface area contributed by atoms with Gasteiger partial charge in [0, 0.05) is 6.61 Å². The molecule has 0 aliphatic carbocycles. The Morgan fingerprint density at radius 3 is 1.55 bits per heavy atom. The lowest BCUT2D eigenvalue weighted by molar-refractivity contribution is -0.0909. The van der Waals surface area contributed by atoms with E-state index in [0.29, 0.717) is 11.8 Å². The van der Waals surface area contributed by atoms with Crippen LogP contribution in [0.4, 0.5) is 0 Å². The summed E-state index contributed by atoms with van der Waals surface area (Å²) in [5, 5.41) is 0. The molecule has 0 aromatic heterocycles. The monoisotopic (exact) mass is 158 g/mol. The molecule has 0 bridgehead atoms. The van der Waals surface area contributed by atoms with Gasteiger partial charge in [-0.15, -0.1) is 0 Å². The lowest BCUT2D eigenvalue weighted by Gasteiger charge is -2.37. The topological polar surface area (TPSA) is 9.23 Å². The van der Waals surface area contributed by atoms with Crippen LogP contribution < -0.4 is 0 Å². The minimum atomic E-state index is 0.0503. The second kappa shape index (κ2) is 4.10. The summed E-state index contributed by atoms with van der Waals surface area (Å²) in [6.07, 6.45) is 0. The first-order valence-electron chi connectivity index (χ1n) is 4.59. The Hall–Kier alpha value is -0.0400. The zero-order chi connectivity index (χ0) is 9.07. The molecule has 0 fully saturated rings. The molecule has 0 aromatic rings. The molecule has 0 atom stereocenters. The molecule has 0 saturated carbocycles. The van der Waals surface area contributed by atoms with Crippen LogP contribution in [0.5, 0.6) is 0 Å². The molecular weight excluding hydrogens is 136 g/mol. The molecule has 0 aromatic carbocycles. The summed E-state index contributed by atoms with van der Waals surface area (Å²) in [4.78, 5) is 0. The fourth-order valence-electron chi connectivity index (χ4n) is 1.31. The molecule has 0 radical (unpaired) electrons. The van der Waals surface area contributed by atoms with Gasteiger partial charge in [0.05, 0.1) is 5.60 Å². The van der Waals surface area contributed by atoms with Gasteiger partial charge in [-0.05, 0) is 25.7 Å². The van der Waals surface area contributed by atoms with Crippen LogP contribution in [-0.4, -0.2) is 12.2 Å². The third kappa shape index (κ3) is 2.48. The minimum Gasteiger partial charge on any atom is -0.375 e. The number of hydrogen-bond acceptors (Lipinski definition) is 1. The summed E-state index contributed by atoms with van der Waals surface area (Å²) in [5.74, 6) is 1.17. The first-order chi connectivity index (χ1) is 4.95. The van der Waals surface area contributed by atoms with Crippen LogP contribution >= 0.6 is 0 Å². The van der Waals surface area contributed by atoms with Crippen molar-refractivity contribution in [3.63, 3.8) is 0 Å². The smallest absolute Gasteiger partial charge is 0.0699 e. The van der Waals surface area contributed by atoms with Crippen LogP contribution in [0.15, 0.2) is 0 Å². The molecule has 0 unspecified atom stereocenters. The van der Waals surface area contributed by atoms with E-state index >= 15 is 0 Å².